The molecule has 0 aromatic carbocycles. The highest BCUT2D eigenvalue weighted by Gasteiger charge is 2.41. The zero-order valence-corrected chi connectivity index (χ0v) is 10.8. The highest BCUT2D eigenvalue weighted by Crippen LogP contribution is 2.24. The van der Waals surface area contributed by atoms with Gasteiger partial charge in [0.25, 0.3) is 0 Å². The van der Waals surface area contributed by atoms with Crippen LogP contribution in [0.5, 0.6) is 0 Å². The second-order valence-electron chi connectivity index (χ2n) is 5.08. The summed E-state index contributed by atoms with van der Waals surface area (Å²) in [6.07, 6.45) is 2.00. The van der Waals surface area contributed by atoms with E-state index >= 15 is 0 Å². The Hall–Kier alpha value is -2.12. The molecule has 0 bridgehead atoms. The Labute approximate surface area is 114 Å². The van der Waals surface area contributed by atoms with Crippen LogP contribution in [0.25, 0.3) is 11.5 Å². The van der Waals surface area contributed by atoms with Gasteiger partial charge in [-0.25, -0.2) is 0 Å². The van der Waals surface area contributed by atoms with Crippen LogP contribution in [0.4, 0.5) is 0 Å². The van der Waals surface area contributed by atoms with Crippen molar-refractivity contribution in [3.63, 3.8) is 0 Å². The third-order valence-electron chi connectivity index (χ3n) is 3.51. The minimum Gasteiger partial charge on any atom is -0.480 e. The SMILES string of the molecule is NC1(C(=O)O)CCN(Cc2cc(-c3ccco3)on2)C1. The molecule has 0 saturated carbocycles. The number of nitrogens with zero attached hydrogens (tertiary/aromatic N) is 2. The van der Waals surface area contributed by atoms with E-state index in [9.17, 15) is 4.79 Å². The molecular formula is C13H15N3O4. The zero-order chi connectivity index (χ0) is 14.2. The molecule has 1 atom stereocenters. The molecule has 106 valence electrons. The van der Waals surface area contributed by atoms with Crippen molar-refractivity contribution in [1.29, 1.82) is 0 Å². The van der Waals surface area contributed by atoms with Crippen LogP contribution < -0.4 is 5.73 Å². The second-order valence-corrected chi connectivity index (χ2v) is 5.08. The van der Waals surface area contributed by atoms with Gasteiger partial charge in [-0.3, -0.25) is 9.69 Å². The maximum atomic E-state index is 11.1. The van der Waals surface area contributed by atoms with Gasteiger partial charge in [-0.05, 0) is 18.6 Å². The second kappa shape index (κ2) is 4.77. The molecule has 1 aliphatic rings. The lowest BCUT2D eigenvalue weighted by Gasteiger charge is -2.18. The van der Waals surface area contributed by atoms with Gasteiger partial charge in [0.15, 0.2) is 5.76 Å². The molecule has 3 N–H and O–H groups in total. The van der Waals surface area contributed by atoms with Gasteiger partial charge in [0.05, 0.1) is 12.0 Å². The normalized spacial score (nSPS) is 23.2. The van der Waals surface area contributed by atoms with Crippen molar-refractivity contribution in [3.05, 3.63) is 30.2 Å². The minimum absolute atomic E-state index is 0.311. The van der Waals surface area contributed by atoms with Crippen LogP contribution in [0, 0.1) is 0 Å². The van der Waals surface area contributed by atoms with Crippen molar-refractivity contribution >= 4 is 5.97 Å². The van der Waals surface area contributed by atoms with Crippen molar-refractivity contribution in [2.45, 2.75) is 18.5 Å². The summed E-state index contributed by atoms with van der Waals surface area (Å²) in [7, 11) is 0. The summed E-state index contributed by atoms with van der Waals surface area (Å²) in [6.45, 7) is 1.45. The average Bonchev–Trinajstić information content (AvgIpc) is 3.10. The largest absolute Gasteiger partial charge is 0.480 e. The molecule has 2 aromatic rings. The molecule has 3 rings (SSSR count). The quantitative estimate of drug-likeness (QED) is 0.855. The number of furan rings is 1. The van der Waals surface area contributed by atoms with Crippen molar-refractivity contribution in [3.8, 4) is 11.5 Å². The van der Waals surface area contributed by atoms with Crippen LogP contribution in [0.1, 0.15) is 12.1 Å². The lowest BCUT2D eigenvalue weighted by atomic mass is 10.0. The summed E-state index contributed by atoms with van der Waals surface area (Å²) < 4.78 is 10.4. The Morgan fingerprint density at radius 3 is 3.05 bits per heavy atom. The molecule has 0 spiro atoms. The zero-order valence-electron chi connectivity index (χ0n) is 10.8. The number of carbonyl (C=O) groups is 1. The molecule has 0 radical (unpaired) electrons. The predicted octanol–water partition coefficient (Wildman–Crippen LogP) is 0.922. The Bertz CT molecular complexity index is 607. The van der Waals surface area contributed by atoms with Gasteiger partial charge in [0.2, 0.25) is 5.76 Å². The number of aromatic nitrogens is 1. The Kier molecular flexibility index (Phi) is 3.07. The molecule has 1 unspecified atom stereocenters. The molecule has 1 saturated heterocycles. The van der Waals surface area contributed by atoms with E-state index in [1.807, 2.05) is 4.90 Å². The predicted molar refractivity (Wildman–Crippen MR) is 68.7 cm³/mol. The van der Waals surface area contributed by atoms with E-state index in [2.05, 4.69) is 5.16 Å². The number of carboxylic acid groups (broad SMARTS) is 1. The number of hydrogen-bond donors (Lipinski definition) is 2. The smallest absolute Gasteiger partial charge is 0.325 e. The van der Waals surface area contributed by atoms with Crippen molar-refractivity contribution in [2.24, 2.45) is 5.73 Å². The van der Waals surface area contributed by atoms with Crippen molar-refractivity contribution in [1.82, 2.24) is 10.1 Å². The number of rotatable bonds is 4. The maximum absolute atomic E-state index is 11.1. The monoisotopic (exact) mass is 277 g/mol. The highest BCUT2D eigenvalue weighted by molar-refractivity contribution is 5.79. The first kappa shape index (κ1) is 12.9. The summed E-state index contributed by atoms with van der Waals surface area (Å²) >= 11 is 0. The molecule has 1 fully saturated rings. The van der Waals surface area contributed by atoms with Crippen molar-refractivity contribution in [2.75, 3.05) is 13.1 Å². The van der Waals surface area contributed by atoms with Gasteiger partial charge in [0.1, 0.15) is 5.54 Å². The first-order valence-corrected chi connectivity index (χ1v) is 6.31. The molecule has 0 aliphatic carbocycles. The van der Waals surface area contributed by atoms with E-state index < -0.39 is 11.5 Å². The number of likely N-dealkylation sites (tertiary alicyclic amines) is 1. The summed E-state index contributed by atoms with van der Waals surface area (Å²) in [4.78, 5) is 13.0. The van der Waals surface area contributed by atoms with E-state index in [1.54, 1.807) is 24.5 Å². The summed E-state index contributed by atoms with van der Waals surface area (Å²) in [5, 5.41) is 13.1. The number of aliphatic carboxylic acids is 1. The van der Waals surface area contributed by atoms with Crippen LogP contribution in [-0.2, 0) is 11.3 Å². The van der Waals surface area contributed by atoms with Gasteiger partial charge in [-0.1, -0.05) is 5.16 Å². The summed E-state index contributed by atoms with van der Waals surface area (Å²) in [5.74, 6) is 0.210. The lowest BCUT2D eigenvalue weighted by molar-refractivity contribution is -0.142. The van der Waals surface area contributed by atoms with Crippen LogP contribution >= 0.6 is 0 Å². The molecule has 0 amide bonds. The van der Waals surface area contributed by atoms with Gasteiger partial charge >= 0.3 is 5.97 Å². The van der Waals surface area contributed by atoms with E-state index in [4.69, 9.17) is 19.8 Å². The molecule has 3 heterocycles. The fourth-order valence-electron chi connectivity index (χ4n) is 2.37. The first-order valence-electron chi connectivity index (χ1n) is 6.31. The molecule has 1 aliphatic heterocycles. The topological polar surface area (TPSA) is 106 Å². The molecule has 7 heteroatoms. The van der Waals surface area contributed by atoms with E-state index in [0.717, 1.165) is 5.69 Å². The number of carboxylic acids is 1. The maximum Gasteiger partial charge on any atom is 0.325 e. The van der Waals surface area contributed by atoms with Gasteiger partial charge in [0, 0.05) is 25.7 Å². The molecule has 2 aromatic heterocycles. The van der Waals surface area contributed by atoms with E-state index in [-0.39, 0.29) is 0 Å². The van der Waals surface area contributed by atoms with Crippen LogP contribution in [0.3, 0.4) is 0 Å². The van der Waals surface area contributed by atoms with Crippen LogP contribution in [-0.4, -0.2) is 39.8 Å². The third-order valence-corrected chi connectivity index (χ3v) is 3.51. The first-order chi connectivity index (χ1) is 9.57. The van der Waals surface area contributed by atoms with Gasteiger partial charge < -0.3 is 19.8 Å². The number of hydrogen-bond acceptors (Lipinski definition) is 6. The van der Waals surface area contributed by atoms with Gasteiger partial charge in [-0.2, -0.15) is 0 Å². The minimum atomic E-state index is -1.16. The van der Waals surface area contributed by atoms with Gasteiger partial charge in [-0.15, -0.1) is 0 Å². The third kappa shape index (κ3) is 2.33. The lowest BCUT2D eigenvalue weighted by Crippen LogP contribution is -2.50. The molecule has 7 nitrogen and oxygen atoms in total. The van der Waals surface area contributed by atoms with E-state index in [0.29, 0.717) is 37.6 Å². The van der Waals surface area contributed by atoms with Crippen LogP contribution in [0.15, 0.2) is 33.4 Å². The highest BCUT2D eigenvalue weighted by atomic mass is 16.5. The number of nitrogens with two attached hydrogens (primary N) is 1. The Morgan fingerprint density at radius 1 is 1.55 bits per heavy atom. The van der Waals surface area contributed by atoms with Crippen molar-refractivity contribution < 1.29 is 18.8 Å². The Balaban J connectivity index is 1.66. The Morgan fingerprint density at radius 2 is 2.40 bits per heavy atom. The molecule has 20 heavy (non-hydrogen) atoms. The fourth-order valence-corrected chi connectivity index (χ4v) is 2.37. The summed E-state index contributed by atoms with van der Waals surface area (Å²) in [5.41, 5.74) is 5.40. The van der Waals surface area contributed by atoms with E-state index in [1.165, 1.54) is 0 Å². The summed E-state index contributed by atoms with van der Waals surface area (Å²) in [6, 6.07) is 5.35. The molecular weight excluding hydrogens is 262 g/mol. The standard InChI is InChI=1S/C13H15N3O4/c14-13(12(17)18)3-4-16(8-13)7-9-6-11(20-15-9)10-2-1-5-19-10/h1-2,5-6H,3-4,7-8,14H2,(H,17,18). The van der Waals surface area contributed by atoms with Crippen LogP contribution in [0.2, 0.25) is 0 Å². The average molecular weight is 277 g/mol. The fraction of sp³-hybridized carbons (Fsp3) is 0.385.